The molecule has 0 radical (unpaired) electrons. The monoisotopic (exact) mass is 368 g/mol. The molecule has 1 aromatic heterocycles. The quantitative estimate of drug-likeness (QED) is 0.513. The molecule has 6 nitrogen and oxygen atoms in total. The van der Waals surface area contributed by atoms with Crippen LogP contribution in [0.15, 0.2) is 46.9 Å². The Morgan fingerprint density at radius 3 is 2.59 bits per heavy atom. The van der Waals surface area contributed by atoms with E-state index in [-0.39, 0.29) is 5.75 Å². The fourth-order valence-corrected chi connectivity index (χ4v) is 2.72. The number of furan rings is 1. The Kier molecular flexibility index (Phi) is 5.35. The summed E-state index contributed by atoms with van der Waals surface area (Å²) in [4.78, 5) is 11.5. The third-order valence-corrected chi connectivity index (χ3v) is 3.99. The number of ether oxygens (including phenoxy) is 3. The van der Waals surface area contributed by atoms with Crippen LogP contribution in [0, 0.1) is 0 Å². The van der Waals surface area contributed by atoms with Gasteiger partial charge in [-0.25, -0.2) is 4.79 Å². The number of hydrogen-bond donors (Lipinski definition) is 1. The molecule has 1 heterocycles. The lowest BCUT2D eigenvalue weighted by Crippen LogP contribution is -1.98. The van der Waals surface area contributed by atoms with Gasteiger partial charge < -0.3 is 23.7 Å². The Morgan fingerprint density at radius 2 is 1.89 bits per heavy atom. The highest BCUT2D eigenvalue weighted by Gasteiger charge is 2.13. The van der Waals surface area contributed by atoms with Crippen LogP contribution >= 0.6 is 0 Å². The van der Waals surface area contributed by atoms with Crippen molar-refractivity contribution in [2.24, 2.45) is 0 Å². The summed E-state index contributed by atoms with van der Waals surface area (Å²) in [5, 5.41) is 10.6. The first kappa shape index (κ1) is 18.4. The van der Waals surface area contributed by atoms with Crippen LogP contribution in [0.2, 0.25) is 0 Å². The van der Waals surface area contributed by atoms with E-state index in [9.17, 15) is 9.90 Å². The molecular formula is C21H20O6. The van der Waals surface area contributed by atoms with Crippen LogP contribution in [-0.2, 0) is 9.53 Å². The van der Waals surface area contributed by atoms with Gasteiger partial charge in [0.05, 0.1) is 20.8 Å². The summed E-state index contributed by atoms with van der Waals surface area (Å²) < 4.78 is 21.4. The van der Waals surface area contributed by atoms with Crippen molar-refractivity contribution < 1.29 is 28.5 Å². The van der Waals surface area contributed by atoms with Crippen molar-refractivity contribution in [3.63, 3.8) is 0 Å². The van der Waals surface area contributed by atoms with Gasteiger partial charge in [0.2, 0.25) is 0 Å². The van der Waals surface area contributed by atoms with Crippen molar-refractivity contribution in [3.8, 4) is 28.6 Å². The zero-order valence-corrected chi connectivity index (χ0v) is 15.3. The van der Waals surface area contributed by atoms with Crippen LogP contribution < -0.4 is 9.47 Å². The maximum absolute atomic E-state index is 11.5. The number of esters is 1. The number of methoxy groups -OCH3 is 2. The summed E-state index contributed by atoms with van der Waals surface area (Å²) in [5.74, 6) is 1.17. The first-order chi connectivity index (χ1) is 13.0. The van der Waals surface area contributed by atoms with E-state index in [0.29, 0.717) is 29.4 Å². The van der Waals surface area contributed by atoms with Gasteiger partial charge in [0.1, 0.15) is 5.76 Å². The molecule has 27 heavy (non-hydrogen) atoms. The molecule has 1 N–H and O–H groups in total. The average Bonchev–Trinajstić information content (AvgIpc) is 3.10. The van der Waals surface area contributed by atoms with Crippen molar-refractivity contribution >= 4 is 23.0 Å². The van der Waals surface area contributed by atoms with Gasteiger partial charge in [-0.1, -0.05) is 0 Å². The summed E-state index contributed by atoms with van der Waals surface area (Å²) in [6, 6.07) is 10.5. The molecule has 6 heteroatoms. The van der Waals surface area contributed by atoms with Crippen LogP contribution in [0.1, 0.15) is 12.5 Å². The van der Waals surface area contributed by atoms with Crippen LogP contribution in [0.3, 0.4) is 0 Å². The summed E-state index contributed by atoms with van der Waals surface area (Å²) in [6.45, 7) is 2.08. The number of benzene rings is 2. The van der Waals surface area contributed by atoms with E-state index in [0.717, 1.165) is 16.5 Å². The van der Waals surface area contributed by atoms with Crippen molar-refractivity contribution in [3.05, 3.63) is 48.0 Å². The van der Waals surface area contributed by atoms with Crippen LogP contribution in [0.4, 0.5) is 0 Å². The second-order valence-electron chi connectivity index (χ2n) is 5.72. The first-order valence-corrected chi connectivity index (χ1v) is 8.39. The molecule has 0 fully saturated rings. The van der Waals surface area contributed by atoms with Crippen molar-refractivity contribution in [1.82, 2.24) is 0 Å². The molecular weight excluding hydrogens is 348 g/mol. The van der Waals surface area contributed by atoms with Gasteiger partial charge in [-0.15, -0.1) is 0 Å². The van der Waals surface area contributed by atoms with Gasteiger partial charge in [0, 0.05) is 17.0 Å². The van der Waals surface area contributed by atoms with Gasteiger partial charge in [-0.05, 0) is 55.0 Å². The predicted molar refractivity (Wildman–Crippen MR) is 102 cm³/mol. The Balaban J connectivity index is 2.02. The third-order valence-electron chi connectivity index (χ3n) is 3.99. The summed E-state index contributed by atoms with van der Waals surface area (Å²) in [7, 11) is 3.04. The minimum absolute atomic E-state index is 0.0568. The molecule has 0 aliphatic rings. The Morgan fingerprint density at radius 1 is 1.11 bits per heavy atom. The number of phenolic OH excluding ortho intramolecular Hbond substituents is 1. The summed E-state index contributed by atoms with van der Waals surface area (Å²) >= 11 is 0. The van der Waals surface area contributed by atoms with Gasteiger partial charge in [0.15, 0.2) is 22.8 Å². The molecule has 3 rings (SSSR count). The van der Waals surface area contributed by atoms with Crippen LogP contribution in [0.25, 0.3) is 28.4 Å². The molecule has 0 spiro atoms. The lowest BCUT2D eigenvalue weighted by Gasteiger charge is -2.04. The molecule has 0 saturated carbocycles. The molecule has 0 atom stereocenters. The topological polar surface area (TPSA) is 78.1 Å². The van der Waals surface area contributed by atoms with Crippen molar-refractivity contribution in [2.75, 3.05) is 20.8 Å². The third kappa shape index (κ3) is 3.89. The minimum Gasteiger partial charge on any atom is -0.504 e. The fourth-order valence-electron chi connectivity index (χ4n) is 2.72. The van der Waals surface area contributed by atoms with Crippen LogP contribution in [0.5, 0.6) is 17.2 Å². The average molecular weight is 368 g/mol. The lowest BCUT2D eigenvalue weighted by atomic mass is 10.1. The van der Waals surface area contributed by atoms with Gasteiger partial charge >= 0.3 is 5.97 Å². The first-order valence-electron chi connectivity index (χ1n) is 8.39. The molecule has 0 aliphatic heterocycles. The van der Waals surface area contributed by atoms with E-state index in [1.165, 1.54) is 13.2 Å². The van der Waals surface area contributed by atoms with E-state index in [2.05, 4.69) is 0 Å². The molecule has 140 valence electrons. The Bertz CT molecular complexity index is 999. The zero-order valence-electron chi connectivity index (χ0n) is 15.3. The number of carbonyl (C=O) groups excluding carboxylic acids is 1. The Hall–Kier alpha value is -3.41. The number of rotatable bonds is 6. The fraction of sp³-hybridized carbons (Fsp3) is 0.190. The highest BCUT2D eigenvalue weighted by atomic mass is 16.5. The molecule has 0 bridgehead atoms. The zero-order chi connectivity index (χ0) is 19.4. The number of carbonyl (C=O) groups is 1. The number of phenols is 1. The van der Waals surface area contributed by atoms with E-state index in [4.69, 9.17) is 18.6 Å². The highest BCUT2D eigenvalue weighted by Crippen LogP contribution is 2.37. The van der Waals surface area contributed by atoms with E-state index >= 15 is 0 Å². The van der Waals surface area contributed by atoms with Gasteiger partial charge in [0.25, 0.3) is 0 Å². The SMILES string of the molecule is CCOC(=O)C=Cc1cc(OC)c2oc(-c3ccc(O)c(OC)c3)cc2c1. The van der Waals surface area contributed by atoms with Gasteiger partial charge in [-0.3, -0.25) is 0 Å². The standard InChI is InChI=1S/C21H20O6/c1-4-26-20(23)8-5-13-9-15-12-17(27-21(15)19(10-13)25-3)14-6-7-16(22)18(11-14)24-2/h5-12,22H,4H2,1-3H3. The van der Waals surface area contributed by atoms with E-state index in [1.54, 1.807) is 44.4 Å². The summed E-state index contributed by atoms with van der Waals surface area (Å²) in [5.41, 5.74) is 2.13. The molecule has 0 aliphatic carbocycles. The van der Waals surface area contributed by atoms with Crippen molar-refractivity contribution in [2.45, 2.75) is 6.92 Å². The number of hydrogen-bond acceptors (Lipinski definition) is 6. The highest BCUT2D eigenvalue weighted by molar-refractivity contribution is 5.92. The predicted octanol–water partition coefficient (Wildman–Crippen LogP) is 4.40. The molecule has 0 amide bonds. The largest absolute Gasteiger partial charge is 0.504 e. The lowest BCUT2D eigenvalue weighted by molar-refractivity contribution is -0.137. The normalized spacial score (nSPS) is 11.1. The molecule has 2 aromatic carbocycles. The number of fused-ring (bicyclic) bond motifs is 1. The Labute approximate surface area is 156 Å². The summed E-state index contributed by atoms with van der Waals surface area (Å²) in [6.07, 6.45) is 3.03. The van der Waals surface area contributed by atoms with E-state index < -0.39 is 5.97 Å². The van der Waals surface area contributed by atoms with Crippen LogP contribution in [-0.4, -0.2) is 31.9 Å². The smallest absolute Gasteiger partial charge is 0.330 e. The second-order valence-corrected chi connectivity index (χ2v) is 5.72. The minimum atomic E-state index is -0.402. The second kappa shape index (κ2) is 7.86. The van der Waals surface area contributed by atoms with Crippen molar-refractivity contribution in [1.29, 1.82) is 0 Å². The maximum Gasteiger partial charge on any atom is 0.330 e. The molecule has 0 unspecified atom stereocenters. The molecule has 3 aromatic rings. The number of aromatic hydroxyl groups is 1. The maximum atomic E-state index is 11.5. The van der Waals surface area contributed by atoms with E-state index in [1.807, 2.05) is 12.1 Å². The molecule has 0 saturated heterocycles. The van der Waals surface area contributed by atoms with Gasteiger partial charge in [-0.2, -0.15) is 0 Å².